The SMILES string of the molecule is Cc1cc(CN=C(NCc2ccco2)NC(C)c2ccccc2)no1.I. The van der Waals surface area contributed by atoms with E-state index in [1.807, 2.05) is 43.3 Å². The van der Waals surface area contributed by atoms with Crippen molar-refractivity contribution in [3.8, 4) is 0 Å². The van der Waals surface area contributed by atoms with E-state index >= 15 is 0 Å². The molecule has 2 heterocycles. The fraction of sp³-hybridized carbons (Fsp3) is 0.263. The fourth-order valence-electron chi connectivity index (χ4n) is 2.42. The van der Waals surface area contributed by atoms with Crippen molar-refractivity contribution >= 4 is 29.9 Å². The van der Waals surface area contributed by atoms with E-state index in [1.165, 1.54) is 5.56 Å². The average molecular weight is 466 g/mol. The summed E-state index contributed by atoms with van der Waals surface area (Å²) < 4.78 is 10.5. The zero-order chi connectivity index (χ0) is 17.5. The molecule has 26 heavy (non-hydrogen) atoms. The first-order valence-electron chi connectivity index (χ1n) is 8.25. The lowest BCUT2D eigenvalue weighted by molar-refractivity contribution is 0.391. The van der Waals surface area contributed by atoms with Gasteiger partial charge >= 0.3 is 0 Å². The van der Waals surface area contributed by atoms with Gasteiger partial charge in [0.2, 0.25) is 0 Å². The van der Waals surface area contributed by atoms with E-state index in [2.05, 4.69) is 39.8 Å². The normalized spacial score (nSPS) is 12.3. The van der Waals surface area contributed by atoms with Crippen molar-refractivity contribution in [2.24, 2.45) is 4.99 Å². The minimum Gasteiger partial charge on any atom is -0.467 e. The summed E-state index contributed by atoms with van der Waals surface area (Å²) in [5, 5.41) is 10.7. The van der Waals surface area contributed by atoms with E-state index in [-0.39, 0.29) is 30.0 Å². The van der Waals surface area contributed by atoms with Crippen LogP contribution in [0.1, 0.15) is 35.7 Å². The van der Waals surface area contributed by atoms with Gasteiger partial charge in [-0.2, -0.15) is 0 Å². The second-order valence-corrected chi connectivity index (χ2v) is 5.80. The third-order valence-corrected chi connectivity index (χ3v) is 3.74. The highest BCUT2D eigenvalue weighted by Crippen LogP contribution is 2.11. The maximum atomic E-state index is 5.37. The molecule has 0 bridgehead atoms. The summed E-state index contributed by atoms with van der Waals surface area (Å²) in [5.41, 5.74) is 1.98. The molecule has 138 valence electrons. The molecule has 0 aliphatic carbocycles. The van der Waals surface area contributed by atoms with E-state index in [4.69, 9.17) is 8.94 Å². The summed E-state index contributed by atoms with van der Waals surface area (Å²) in [6.07, 6.45) is 1.66. The minimum absolute atomic E-state index is 0. The first-order valence-corrected chi connectivity index (χ1v) is 8.25. The van der Waals surface area contributed by atoms with Crippen LogP contribution < -0.4 is 10.6 Å². The van der Waals surface area contributed by atoms with Crippen LogP contribution >= 0.6 is 24.0 Å². The highest BCUT2D eigenvalue weighted by molar-refractivity contribution is 14.0. The second-order valence-electron chi connectivity index (χ2n) is 5.80. The number of halogens is 1. The van der Waals surface area contributed by atoms with Gasteiger partial charge in [-0.1, -0.05) is 35.5 Å². The lowest BCUT2D eigenvalue weighted by Gasteiger charge is -2.18. The van der Waals surface area contributed by atoms with Crippen LogP contribution in [0.15, 0.2) is 68.7 Å². The van der Waals surface area contributed by atoms with Crippen molar-refractivity contribution in [2.45, 2.75) is 33.0 Å². The van der Waals surface area contributed by atoms with Gasteiger partial charge in [0.1, 0.15) is 17.2 Å². The molecule has 0 amide bonds. The smallest absolute Gasteiger partial charge is 0.192 e. The standard InChI is InChI=1S/C19H22N4O2.HI/c1-14-11-17(23-25-14)12-20-19(21-13-18-9-6-10-24-18)22-15(2)16-7-4-3-5-8-16;/h3-11,15H,12-13H2,1-2H3,(H2,20,21,22);1H. The third-order valence-electron chi connectivity index (χ3n) is 3.74. The van der Waals surface area contributed by atoms with Gasteiger partial charge in [-0.05, 0) is 31.5 Å². The molecule has 6 nitrogen and oxygen atoms in total. The van der Waals surface area contributed by atoms with Crippen LogP contribution in [0.4, 0.5) is 0 Å². The number of nitrogens with zero attached hydrogens (tertiary/aromatic N) is 2. The largest absolute Gasteiger partial charge is 0.467 e. The Hall–Kier alpha value is -2.29. The van der Waals surface area contributed by atoms with E-state index in [0.717, 1.165) is 17.2 Å². The van der Waals surface area contributed by atoms with Gasteiger partial charge < -0.3 is 19.6 Å². The molecule has 2 N–H and O–H groups in total. The monoisotopic (exact) mass is 466 g/mol. The van der Waals surface area contributed by atoms with Crippen molar-refractivity contribution in [3.63, 3.8) is 0 Å². The van der Waals surface area contributed by atoms with Crippen molar-refractivity contribution in [1.29, 1.82) is 0 Å². The molecule has 0 saturated carbocycles. The van der Waals surface area contributed by atoms with Gasteiger partial charge in [-0.25, -0.2) is 4.99 Å². The first kappa shape index (κ1) is 20.0. The van der Waals surface area contributed by atoms with Crippen LogP contribution in [0.2, 0.25) is 0 Å². The molecular formula is C19H23IN4O2. The van der Waals surface area contributed by atoms with Gasteiger partial charge in [0, 0.05) is 6.07 Å². The summed E-state index contributed by atoms with van der Waals surface area (Å²) >= 11 is 0. The van der Waals surface area contributed by atoms with Gasteiger partial charge in [0.05, 0.1) is 25.4 Å². The van der Waals surface area contributed by atoms with Crippen molar-refractivity contribution in [3.05, 3.63) is 77.6 Å². The van der Waals surface area contributed by atoms with Crippen molar-refractivity contribution in [2.75, 3.05) is 0 Å². The molecule has 1 aromatic carbocycles. The van der Waals surface area contributed by atoms with Gasteiger partial charge in [-0.15, -0.1) is 24.0 Å². The number of aromatic nitrogens is 1. The van der Waals surface area contributed by atoms with Crippen LogP contribution in [-0.4, -0.2) is 11.1 Å². The number of rotatable bonds is 6. The van der Waals surface area contributed by atoms with E-state index < -0.39 is 0 Å². The Bertz CT molecular complexity index is 800. The van der Waals surface area contributed by atoms with Crippen LogP contribution in [0.3, 0.4) is 0 Å². The molecular weight excluding hydrogens is 443 g/mol. The number of guanidine groups is 1. The zero-order valence-electron chi connectivity index (χ0n) is 14.8. The number of aliphatic imine (C=N–C) groups is 1. The quantitative estimate of drug-likeness (QED) is 0.324. The maximum Gasteiger partial charge on any atom is 0.192 e. The number of benzene rings is 1. The second kappa shape index (κ2) is 10.0. The lowest BCUT2D eigenvalue weighted by atomic mass is 10.1. The molecule has 1 unspecified atom stereocenters. The molecule has 3 rings (SSSR count). The zero-order valence-corrected chi connectivity index (χ0v) is 17.1. The summed E-state index contributed by atoms with van der Waals surface area (Å²) in [5.74, 6) is 2.31. The van der Waals surface area contributed by atoms with Crippen LogP contribution in [0.5, 0.6) is 0 Å². The fourth-order valence-corrected chi connectivity index (χ4v) is 2.42. The van der Waals surface area contributed by atoms with Gasteiger partial charge in [-0.3, -0.25) is 0 Å². The lowest BCUT2D eigenvalue weighted by Crippen LogP contribution is -2.38. The number of nitrogens with one attached hydrogen (secondary N) is 2. The molecule has 0 saturated heterocycles. The summed E-state index contributed by atoms with van der Waals surface area (Å²) in [6, 6.07) is 16.0. The maximum absolute atomic E-state index is 5.37. The summed E-state index contributed by atoms with van der Waals surface area (Å²) in [6.45, 7) is 4.95. The van der Waals surface area contributed by atoms with Gasteiger partial charge in [0.25, 0.3) is 0 Å². The topological polar surface area (TPSA) is 75.6 Å². The molecule has 3 aromatic rings. The predicted octanol–water partition coefficient (Wildman–Crippen LogP) is 4.19. The number of furan rings is 1. The van der Waals surface area contributed by atoms with Crippen molar-refractivity contribution < 1.29 is 8.94 Å². The Kier molecular flexibility index (Phi) is 7.71. The molecule has 2 aromatic heterocycles. The highest BCUT2D eigenvalue weighted by atomic mass is 127. The van der Waals surface area contributed by atoms with E-state index in [0.29, 0.717) is 19.0 Å². The van der Waals surface area contributed by atoms with E-state index in [9.17, 15) is 0 Å². The molecule has 0 spiro atoms. The molecule has 0 fully saturated rings. The minimum atomic E-state index is 0. The Morgan fingerprint density at radius 3 is 2.65 bits per heavy atom. The molecule has 0 radical (unpaired) electrons. The predicted molar refractivity (Wildman–Crippen MR) is 111 cm³/mol. The molecule has 1 atom stereocenters. The Balaban J connectivity index is 0.00000243. The number of hydrogen-bond donors (Lipinski definition) is 2. The Morgan fingerprint density at radius 2 is 2.00 bits per heavy atom. The molecule has 0 aliphatic heterocycles. The average Bonchev–Trinajstić information content (AvgIpc) is 3.29. The van der Waals surface area contributed by atoms with Crippen LogP contribution in [0.25, 0.3) is 0 Å². The summed E-state index contributed by atoms with van der Waals surface area (Å²) in [7, 11) is 0. The van der Waals surface area contributed by atoms with Crippen LogP contribution in [0, 0.1) is 6.92 Å². The third kappa shape index (κ3) is 5.91. The molecule has 0 aliphatic rings. The van der Waals surface area contributed by atoms with E-state index in [1.54, 1.807) is 6.26 Å². The highest BCUT2D eigenvalue weighted by Gasteiger charge is 2.09. The number of aryl methyl sites for hydroxylation is 1. The summed E-state index contributed by atoms with van der Waals surface area (Å²) in [4.78, 5) is 4.60. The van der Waals surface area contributed by atoms with Gasteiger partial charge in [0.15, 0.2) is 5.96 Å². The first-order chi connectivity index (χ1) is 12.2. The molecule has 7 heteroatoms. The van der Waals surface area contributed by atoms with Crippen LogP contribution in [-0.2, 0) is 13.1 Å². The van der Waals surface area contributed by atoms with Crippen molar-refractivity contribution in [1.82, 2.24) is 15.8 Å². The Labute approximate surface area is 170 Å². The number of hydrogen-bond acceptors (Lipinski definition) is 4. The Morgan fingerprint density at radius 1 is 1.19 bits per heavy atom.